The molecule has 5 heteroatoms. The van der Waals surface area contributed by atoms with E-state index in [4.69, 9.17) is 10.5 Å². The van der Waals surface area contributed by atoms with Gasteiger partial charge in [-0.2, -0.15) is 0 Å². The maximum Gasteiger partial charge on any atom is 0.339 e. The van der Waals surface area contributed by atoms with Gasteiger partial charge in [0.1, 0.15) is 0 Å². The van der Waals surface area contributed by atoms with Gasteiger partial charge in [0.2, 0.25) is 6.10 Å². The van der Waals surface area contributed by atoms with Crippen molar-refractivity contribution >= 4 is 33.4 Å². The van der Waals surface area contributed by atoms with Crippen molar-refractivity contribution in [3.63, 3.8) is 0 Å². The maximum absolute atomic E-state index is 12.4. The number of benzene rings is 2. The average molecular weight is 400 g/mol. The van der Waals surface area contributed by atoms with Gasteiger partial charge < -0.3 is 10.5 Å². The summed E-state index contributed by atoms with van der Waals surface area (Å²) in [6.07, 6.45) is 4.46. The van der Waals surface area contributed by atoms with Crippen molar-refractivity contribution in [2.24, 2.45) is 5.73 Å². The summed E-state index contributed by atoms with van der Waals surface area (Å²) < 4.78 is 6.21. The summed E-state index contributed by atoms with van der Waals surface area (Å²) in [6, 6.07) is 14.2. The largest absolute Gasteiger partial charge is 0.444 e. The number of halogens is 1. The van der Waals surface area contributed by atoms with Crippen molar-refractivity contribution in [3.05, 3.63) is 75.8 Å². The second-order valence-corrected chi connectivity index (χ2v) is 6.85. The lowest BCUT2D eigenvalue weighted by atomic mass is 10.0. The van der Waals surface area contributed by atoms with Crippen LogP contribution in [-0.4, -0.2) is 11.9 Å². The summed E-state index contributed by atoms with van der Waals surface area (Å²) in [5.41, 5.74) is 8.77. The molecule has 3 rings (SSSR count). The zero-order chi connectivity index (χ0) is 17.8. The number of primary amides is 1. The number of carbonyl (C=O) groups is 2. The summed E-state index contributed by atoms with van der Waals surface area (Å²) in [7, 11) is 0. The van der Waals surface area contributed by atoms with E-state index in [-0.39, 0.29) is 0 Å². The van der Waals surface area contributed by atoms with E-state index in [1.165, 1.54) is 12.0 Å². The van der Waals surface area contributed by atoms with Gasteiger partial charge in [-0.3, -0.25) is 4.79 Å². The van der Waals surface area contributed by atoms with Crippen LogP contribution in [0.4, 0.5) is 0 Å². The Kier molecular flexibility index (Phi) is 5.34. The number of nitrogens with two attached hydrogens (primary N) is 1. The monoisotopic (exact) mass is 399 g/mol. The molecule has 128 valence electrons. The van der Waals surface area contributed by atoms with Crippen LogP contribution in [0.15, 0.2) is 59.1 Å². The fraction of sp³-hybridized carbons (Fsp3) is 0.200. The van der Waals surface area contributed by atoms with Crippen LogP contribution in [0.3, 0.4) is 0 Å². The molecule has 0 heterocycles. The summed E-state index contributed by atoms with van der Waals surface area (Å²) in [4.78, 5) is 24.1. The number of hydrogen-bond acceptors (Lipinski definition) is 3. The topological polar surface area (TPSA) is 69.4 Å². The average Bonchev–Trinajstić information content (AvgIpc) is 3.15. The van der Waals surface area contributed by atoms with Crippen molar-refractivity contribution in [1.82, 2.24) is 0 Å². The lowest BCUT2D eigenvalue weighted by Crippen LogP contribution is -2.26. The highest BCUT2D eigenvalue weighted by Crippen LogP contribution is 2.28. The summed E-state index contributed by atoms with van der Waals surface area (Å²) in [6.45, 7) is 0. The summed E-state index contributed by atoms with van der Waals surface area (Å²) >= 11 is 3.33. The predicted molar refractivity (Wildman–Crippen MR) is 99.8 cm³/mol. The number of ether oxygens (including phenoxy) is 1. The zero-order valence-corrected chi connectivity index (χ0v) is 15.2. The Hall–Kier alpha value is -2.40. The Labute approximate surface area is 154 Å². The molecule has 2 aromatic carbocycles. The van der Waals surface area contributed by atoms with Gasteiger partial charge in [-0.25, -0.2) is 4.79 Å². The standard InChI is InChI=1S/C20H18BrNO3/c21-17-11-9-15(10-12-17)18(19(22)23)25-20(24)16-7-5-14(6-8-16)13-3-1-2-4-13/h3,5-12,18H,1-2,4H2,(H2,22,23). The van der Waals surface area contributed by atoms with E-state index in [1.54, 1.807) is 36.4 Å². The van der Waals surface area contributed by atoms with Crippen molar-refractivity contribution in [2.75, 3.05) is 0 Å². The SMILES string of the molecule is NC(=O)C(OC(=O)c1ccc(C2=CCCC2)cc1)c1ccc(Br)cc1. The van der Waals surface area contributed by atoms with E-state index in [2.05, 4.69) is 22.0 Å². The lowest BCUT2D eigenvalue weighted by molar-refractivity contribution is -0.127. The molecule has 0 aliphatic heterocycles. The van der Waals surface area contributed by atoms with Crippen LogP contribution >= 0.6 is 15.9 Å². The molecule has 4 nitrogen and oxygen atoms in total. The van der Waals surface area contributed by atoms with Gasteiger partial charge in [0.25, 0.3) is 5.91 Å². The van der Waals surface area contributed by atoms with E-state index >= 15 is 0 Å². The minimum absolute atomic E-state index is 0.394. The Morgan fingerprint density at radius 2 is 1.72 bits per heavy atom. The van der Waals surface area contributed by atoms with Crippen LogP contribution in [0.5, 0.6) is 0 Å². The van der Waals surface area contributed by atoms with Crippen LogP contribution in [0.1, 0.15) is 46.9 Å². The van der Waals surface area contributed by atoms with Crippen LogP contribution in [0.25, 0.3) is 5.57 Å². The highest BCUT2D eigenvalue weighted by molar-refractivity contribution is 9.10. The van der Waals surface area contributed by atoms with Crippen LogP contribution < -0.4 is 5.73 Å². The third-order valence-corrected chi connectivity index (χ3v) is 4.72. The molecule has 1 aliphatic carbocycles. The molecule has 2 N–H and O–H groups in total. The number of allylic oxidation sites excluding steroid dienone is 2. The third kappa shape index (κ3) is 4.17. The molecule has 2 aromatic rings. The first-order valence-electron chi connectivity index (χ1n) is 8.10. The number of amides is 1. The molecule has 1 amide bonds. The smallest absolute Gasteiger partial charge is 0.339 e. The van der Waals surface area contributed by atoms with Gasteiger partial charge in [-0.15, -0.1) is 0 Å². The first-order valence-corrected chi connectivity index (χ1v) is 8.89. The molecular formula is C20H18BrNO3. The summed E-state index contributed by atoms with van der Waals surface area (Å²) in [5, 5.41) is 0. The highest BCUT2D eigenvalue weighted by atomic mass is 79.9. The zero-order valence-electron chi connectivity index (χ0n) is 13.6. The number of esters is 1. The molecular weight excluding hydrogens is 382 g/mol. The first-order chi connectivity index (χ1) is 12.0. The van der Waals surface area contributed by atoms with Crippen LogP contribution in [0, 0.1) is 0 Å². The van der Waals surface area contributed by atoms with Crippen molar-refractivity contribution < 1.29 is 14.3 Å². The number of rotatable bonds is 5. The van der Waals surface area contributed by atoms with Gasteiger partial charge in [-0.05, 0) is 54.7 Å². The molecule has 0 aromatic heterocycles. The Morgan fingerprint density at radius 1 is 1.04 bits per heavy atom. The van der Waals surface area contributed by atoms with E-state index in [9.17, 15) is 9.59 Å². The van der Waals surface area contributed by atoms with E-state index in [0.717, 1.165) is 22.9 Å². The predicted octanol–water partition coefficient (Wildman–Crippen LogP) is 4.40. The van der Waals surface area contributed by atoms with Gasteiger partial charge >= 0.3 is 5.97 Å². The highest BCUT2D eigenvalue weighted by Gasteiger charge is 2.23. The van der Waals surface area contributed by atoms with Crippen LogP contribution in [0.2, 0.25) is 0 Å². The molecule has 0 radical (unpaired) electrons. The fourth-order valence-electron chi connectivity index (χ4n) is 2.86. The Balaban J connectivity index is 1.75. The Bertz CT molecular complexity index is 810. The number of hydrogen-bond donors (Lipinski definition) is 1. The minimum atomic E-state index is -1.11. The molecule has 25 heavy (non-hydrogen) atoms. The molecule has 0 saturated heterocycles. The van der Waals surface area contributed by atoms with Crippen LogP contribution in [-0.2, 0) is 9.53 Å². The molecule has 1 unspecified atom stereocenters. The lowest BCUT2D eigenvalue weighted by Gasteiger charge is -2.15. The van der Waals surface area contributed by atoms with Gasteiger partial charge in [0, 0.05) is 10.0 Å². The number of carbonyl (C=O) groups excluding carboxylic acids is 2. The minimum Gasteiger partial charge on any atom is -0.444 e. The fourth-order valence-corrected chi connectivity index (χ4v) is 3.12. The van der Waals surface area contributed by atoms with Crippen molar-refractivity contribution in [3.8, 4) is 0 Å². The van der Waals surface area contributed by atoms with Gasteiger partial charge in [-0.1, -0.05) is 46.3 Å². The second kappa shape index (κ2) is 7.66. The maximum atomic E-state index is 12.4. The first kappa shape index (κ1) is 17.4. The van der Waals surface area contributed by atoms with E-state index in [1.807, 2.05) is 12.1 Å². The molecule has 1 aliphatic rings. The van der Waals surface area contributed by atoms with Crippen molar-refractivity contribution in [1.29, 1.82) is 0 Å². The van der Waals surface area contributed by atoms with Gasteiger partial charge in [0.05, 0.1) is 5.56 Å². The van der Waals surface area contributed by atoms with E-state index < -0.39 is 18.0 Å². The third-order valence-electron chi connectivity index (χ3n) is 4.19. The second-order valence-electron chi connectivity index (χ2n) is 5.94. The molecule has 1 atom stereocenters. The molecule has 0 spiro atoms. The molecule has 0 bridgehead atoms. The van der Waals surface area contributed by atoms with Crippen molar-refractivity contribution in [2.45, 2.75) is 25.4 Å². The quantitative estimate of drug-likeness (QED) is 0.757. The van der Waals surface area contributed by atoms with E-state index in [0.29, 0.717) is 11.1 Å². The molecule has 0 saturated carbocycles. The Morgan fingerprint density at radius 3 is 2.28 bits per heavy atom. The summed E-state index contributed by atoms with van der Waals surface area (Å²) in [5.74, 6) is -1.28. The van der Waals surface area contributed by atoms with Gasteiger partial charge in [0.15, 0.2) is 0 Å². The molecule has 0 fully saturated rings. The normalized spacial score (nSPS) is 14.7.